The monoisotopic (exact) mass is 653 g/mol. The molecule has 1 saturated heterocycles. The number of H-pyrrole nitrogens is 1. The lowest BCUT2D eigenvalue weighted by molar-refractivity contribution is -0.141. The van der Waals surface area contributed by atoms with Crippen molar-refractivity contribution in [1.29, 1.82) is 0 Å². The molecule has 1 saturated carbocycles. The fraction of sp³-hybridized carbons (Fsp3) is 0.424. The molecular formula is C33H37Cl2N5O5. The number of carbonyl (C=O) groups is 5. The number of halogens is 2. The number of fused-ring (bicyclic) bond motifs is 1. The molecule has 0 bridgehead atoms. The van der Waals surface area contributed by atoms with Crippen LogP contribution in [-0.2, 0) is 25.7 Å². The molecule has 2 heterocycles. The molecule has 2 aliphatic rings. The minimum absolute atomic E-state index is 0.0272. The lowest BCUT2D eigenvalue weighted by atomic mass is 9.84. The van der Waals surface area contributed by atoms with E-state index in [9.17, 15) is 24.0 Å². The predicted molar refractivity (Wildman–Crippen MR) is 172 cm³/mol. The number of hydrogen-bond donors (Lipinski definition) is 5. The van der Waals surface area contributed by atoms with Crippen molar-refractivity contribution in [2.45, 2.75) is 70.0 Å². The van der Waals surface area contributed by atoms with E-state index >= 15 is 0 Å². The molecule has 3 atom stereocenters. The zero-order valence-electron chi connectivity index (χ0n) is 24.8. The van der Waals surface area contributed by atoms with Gasteiger partial charge in [0.2, 0.25) is 17.6 Å². The van der Waals surface area contributed by atoms with Gasteiger partial charge in [-0.1, -0.05) is 85.6 Å². The van der Waals surface area contributed by atoms with Crippen LogP contribution in [0.2, 0.25) is 10.0 Å². The van der Waals surface area contributed by atoms with Crippen molar-refractivity contribution in [2.24, 2.45) is 11.8 Å². The van der Waals surface area contributed by atoms with Crippen LogP contribution in [0.1, 0.15) is 67.4 Å². The lowest BCUT2D eigenvalue weighted by Crippen LogP contribution is -2.55. The number of aromatic amines is 1. The van der Waals surface area contributed by atoms with Crippen LogP contribution < -0.4 is 21.3 Å². The summed E-state index contributed by atoms with van der Waals surface area (Å²) in [5, 5.41) is 12.4. The summed E-state index contributed by atoms with van der Waals surface area (Å²) in [5.74, 6) is -3.36. The third-order valence-corrected chi connectivity index (χ3v) is 9.18. The number of rotatable bonds is 12. The van der Waals surface area contributed by atoms with Crippen molar-refractivity contribution in [2.75, 3.05) is 6.54 Å². The molecular weight excluding hydrogens is 617 g/mol. The van der Waals surface area contributed by atoms with Gasteiger partial charge < -0.3 is 26.3 Å². The van der Waals surface area contributed by atoms with Gasteiger partial charge in [0.15, 0.2) is 0 Å². The number of amides is 4. The zero-order chi connectivity index (χ0) is 31.9. The Bertz CT molecular complexity index is 1570. The van der Waals surface area contributed by atoms with Crippen LogP contribution >= 0.6 is 23.2 Å². The van der Waals surface area contributed by atoms with Crippen LogP contribution in [0.4, 0.5) is 0 Å². The van der Waals surface area contributed by atoms with Crippen molar-refractivity contribution in [1.82, 2.24) is 26.3 Å². The standard InChI is InChI=1S/C33H37Cl2N5O5/c34-22-15-24(35)23-17-28(38-25(23)16-22)32(44)40-27(13-19-7-3-1-4-8-19)31(43)39-26(14-21-11-12-36-30(21)42)29(41)33(45)37-18-20-9-5-2-6-10-20/h2,5-6,9-10,15-17,19,21,26-27,38H,1,3-4,7-8,11-14,18H2,(H,36,42)(H,37,45)(H,39,43)(H,40,44)/t21-,26-,27-/m0/s1. The Morgan fingerprint density at radius 1 is 0.889 bits per heavy atom. The van der Waals surface area contributed by atoms with Crippen LogP contribution in [0.3, 0.4) is 0 Å². The summed E-state index contributed by atoms with van der Waals surface area (Å²) in [6.07, 6.45) is 5.87. The van der Waals surface area contributed by atoms with E-state index in [0.717, 1.165) is 37.7 Å². The Morgan fingerprint density at radius 3 is 2.36 bits per heavy atom. The van der Waals surface area contributed by atoms with Gasteiger partial charge in [-0.3, -0.25) is 24.0 Å². The van der Waals surface area contributed by atoms with E-state index in [2.05, 4.69) is 26.3 Å². The first-order chi connectivity index (χ1) is 21.7. The van der Waals surface area contributed by atoms with Crippen LogP contribution in [0.25, 0.3) is 10.9 Å². The number of ketones is 1. The molecule has 1 aliphatic heterocycles. The van der Waals surface area contributed by atoms with Crippen LogP contribution in [0.15, 0.2) is 48.5 Å². The predicted octanol–water partition coefficient (Wildman–Crippen LogP) is 4.44. The molecule has 2 aromatic carbocycles. The molecule has 3 aromatic rings. The SMILES string of the molecule is O=C(NCc1ccccc1)C(=O)[C@H](C[C@@H]1CCNC1=O)NC(=O)[C@H](CC1CCCCC1)NC(=O)c1cc2c(Cl)cc(Cl)cc2[nH]1. The van der Waals surface area contributed by atoms with E-state index in [1.165, 1.54) is 0 Å². The number of hydrogen-bond acceptors (Lipinski definition) is 5. The molecule has 1 aromatic heterocycles. The van der Waals surface area contributed by atoms with Crippen molar-refractivity contribution >= 4 is 63.5 Å². The fourth-order valence-corrected chi connectivity index (χ4v) is 6.74. The van der Waals surface area contributed by atoms with Gasteiger partial charge in [0, 0.05) is 34.9 Å². The highest BCUT2D eigenvalue weighted by atomic mass is 35.5. The third-order valence-electron chi connectivity index (χ3n) is 8.65. The third kappa shape index (κ3) is 8.43. The summed E-state index contributed by atoms with van der Waals surface area (Å²) in [6.45, 7) is 0.592. The fourth-order valence-electron chi connectivity index (χ4n) is 6.19. The normalized spacial score (nSPS) is 18.2. The second-order valence-corrected chi connectivity index (χ2v) is 12.7. The summed E-state index contributed by atoms with van der Waals surface area (Å²) in [6, 6.07) is 11.7. The van der Waals surface area contributed by atoms with Crippen LogP contribution in [-0.4, -0.2) is 53.0 Å². The van der Waals surface area contributed by atoms with Crippen molar-refractivity contribution in [3.05, 3.63) is 69.8 Å². The quantitative estimate of drug-likeness (QED) is 0.183. The first kappa shape index (κ1) is 32.5. The first-order valence-electron chi connectivity index (χ1n) is 15.4. The average molecular weight is 655 g/mol. The maximum atomic E-state index is 13.9. The highest BCUT2D eigenvalue weighted by molar-refractivity contribution is 6.39. The number of carbonyl (C=O) groups excluding carboxylic acids is 5. The van der Waals surface area contributed by atoms with Gasteiger partial charge in [0.25, 0.3) is 11.8 Å². The van der Waals surface area contributed by atoms with Gasteiger partial charge in [-0.25, -0.2) is 0 Å². The summed E-state index contributed by atoms with van der Waals surface area (Å²) >= 11 is 12.4. The Labute approximate surface area is 271 Å². The Morgan fingerprint density at radius 2 is 1.64 bits per heavy atom. The maximum absolute atomic E-state index is 13.9. The highest BCUT2D eigenvalue weighted by Crippen LogP contribution is 2.30. The zero-order valence-corrected chi connectivity index (χ0v) is 26.3. The second-order valence-electron chi connectivity index (χ2n) is 11.9. The Hall–Kier alpha value is -3.89. The average Bonchev–Trinajstić information content (AvgIpc) is 3.65. The van der Waals surface area contributed by atoms with Gasteiger partial charge in [0.1, 0.15) is 11.7 Å². The van der Waals surface area contributed by atoms with Crippen LogP contribution in [0, 0.1) is 11.8 Å². The maximum Gasteiger partial charge on any atom is 0.289 e. The molecule has 5 N–H and O–H groups in total. The summed E-state index contributed by atoms with van der Waals surface area (Å²) in [7, 11) is 0. The van der Waals surface area contributed by atoms with Crippen molar-refractivity contribution < 1.29 is 24.0 Å². The Kier molecular flexibility index (Phi) is 10.8. The van der Waals surface area contributed by atoms with Gasteiger partial charge in [-0.05, 0) is 48.9 Å². The van der Waals surface area contributed by atoms with Gasteiger partial charge in [0.05, 0.1) is 11.1 Å². The molecule has 238 valence electrons. The van der Waals surface area contributed by atoms with E-state index in [1.54, 1.807) is 18.2 Å². The Balaban J connectivity index is 1.34. The second kappa shape index (κ2) is 14.9. The number of benzene rings is 2. The molecule has 1 aliphatic carbocycles. The number of Topliss-reactive ketones (excluding diaryl/α,β-unsaturated/α-hetero) is 1. The smallest absolute Gasteiger partial charge is 0.289 e. The molecule has 45 heavy (non-hydrogen) atoms. The van der Waals surface area contributed by atoms with E-state index < -0.39 is 41.5 Å². The molecule has 0 spiro atoms. The van der Waals surface area contributed by atoms with Gasteiger partial charge in [-0.2, -0.15) is 0 Å². The molecule has 4 amide bonds. The topological polar surface area (TPSA) is 149 Å². The van der Waals surface area contributed by atoms with E-state index in [4.69, 9.17) is 23.2 Å². The summed E-state index contributed by atoms with van der Waals surface area (Å²) in [5.41, 5.74) is 1.59. The van der Waals surface area contributed by atoms with Crippen LogP contribution in [0.5, 0.6) is 0 Å². The first-order valence-corrected chi connectivity index (χ1v) is 16.2. The van der Waals surface area contributed by atoms with Crippen molar-refractivity contribution in [3.8, 4) is 0 Å². The molecule has 12 heteroatoms. The van der Waals surface area contributed by atoms with Gasteiger partial charge >= 0.3 is 0 Å². The summed E-state index contributed by atoms with van der Waals surface area (Å²) < 4.78 is 0. The van der Waals surface area contributed by atoms with E-state index in [0.29, 0.717) is 40.3 Å². The molecule has 0 unspecified atom stereocenters. The van der Waals surface area contributed by atoms with Crippen molar-refractivity contribution in [3.63, 3.8) is 0 Å². The number of nitrogens with one attached hydrogen (secondary N) is 5. The molecule has 5 rings (SSSR count). The summed E-state index contributed by atoms with van der Waals surface area (Å²) in [4.78, 5) is 69.1. The van der Waals surface area contributed by atoms with E-state index in [-0.39, 0.29) is 30.5 Å². The largest absolute Gasteiger partial charge is 0.356 e. The molecule has 10 nitrogen and oxygen atoms in total. The number of aromatic nitrogens is 1. The molecule has 0 radical (unpaired) electrons. The van der Waals surface area contributed by atoms with Gasteiger partial charge in [-0.15, -0.1) is 0 Å². The lowest BCUT2D eigenvalue weighted by Gasteiger charge is -2.28. The minimum Gasteiger partial charge on any atom is -0.356 e. The molecule has 2 fully saturated rings. The minimum atomic E-state index is -1.25. The van der Waals surface area contributed by atoms with E-state index in [1.807, 2.05) is 30.3 Å². The highest BCUT2D eigenvalue weighted by Gasteiger charge is 2.36.